The van der Waals surface area contributed by atoms with E-state index in [1.54, 1.807) is 6.07 Å². The van der Waals surface area contributed by atoms with Gasteiger partial charge in [0, 0.05) is 12.5 Å². The van der Waals surface area contributed by atoms with Crippen molar-refractivity contribution in [1.29, 1.82) is 0 Å². The molecule has 2 heterocycles. The molecule has 0 unspecified atom stereocenters. The summed E-state index contributed by atoms with van der Waals surface area (Å²) in [5.41, 5.74) is 1.73. The van der Waals surface area contributed by atoms with Gasteiger partial charge in [0.1, 0.15) is 5.82 Å². The van der Waals surface area contributed by atoms with Crippen LogP contribution in [-0.2, 0) is 6.42 Å². The van der Waals surface area contributed by atoms with E-state index in [1.165, 1.54) is 16.1 Å². The molecule has 0 saturated carbocycles. The number of hydrogen-bond donors (Lipinski definition) is 1. The number of nitrogens with zero attached hydrogens (tertiary/aromatic N) is 2. The normalized spacial score (nSPS) is 10.8. The van der Waals surface area contributed by atoms with Gasteiger partial charge < -0.3 is 0 Å². The lowest BCUT2D eigenvalue weighted by molar-refractivity contribution is 0.873. The Labute approximate surface area is 97.5 Å². The van der Waals surface area contributed by atoms with Crippen molar-refractivity contribution in [1.82, 2.24) is 14.6 Å². The van der Waals surface area contributed by atoms with Crippen LogP contribution in [0.5, 0.6) is 0 Å². The molecule has 3 aromatic rings. The van der Waals surface area contributed by atoms with Crippen LogP contribution in [0.3, 0.4) is 0 Å². The van der Waals surface area contributed by atoms with Crippen LogP contribution in [0.25, 0.3) is 5.65 Å². The van der Waals surface area contributed by atoms with Crippen molar-refractivity contribution < 1.29 is 0 Å². The number of nitrogens with one attached hydrogen (secondary N) is 1. The van der Waals surface area contributed by atoms with Crippen LogP contribution in [0.15, 0.2) is 53.3 Å². The van der Waals surface area contributed by atoms with Gasteiger partial charge >= 0.3 is 0 Å². The van der Waals surface area contributed by atoms with Crippen LogP contribution in [0, 0.1) is 0 Å². The second-order valence-electron chi connectivity index (χ2n) is 3.89. The number of fused-ring (bicyclic) bond motifs is 1. The molecule has 0 bridgehead atoms. The first-order valence-electron chi connectivity index (χ1n) is 5.43. The van der Waals surface area contributed by atoms with Crippen molar-refractivity contribution in [2.24, 2.45) is 0 Å². The lowest BCUT2D eigenvalue weighted by Crippen LogP contribution is -2.11. The highest BCUT2D eigenvalue weighted by Crippen LogP contribution is 2.06. The Bertz CT molecular complexity index is 697. The van der Waals surface area contributed by atoms with Crippen molar-refractivity contribution in [2.75, 3.05) is 0 Å². The molecule has 0 spiro atoms. The van der Waals surface area contributed by atoms with Gasteiger partial charge in [-0.25, -0.2) is 9.50 Å². The standard InChI is InChI=1S/C13H11N3O/c17-13-8-4-7-12-14-11(15-16(12)13)9-10-5-2-1-3-6-10/h1-8H,9H2,(H,14,15). The average Bonchev–Trinajstić information content (AvgIpc) is 2.74. The van der Waals surface area contributed by atoms with Crippen molar-refractivity contribution in [3.8, 4) is 0 Å². The predicted octanol–water partition coefficient (Wildman–Crippen LogP) is 1.61. The second kappa shape index (κ2) is 3.90. The Balaban J connectivity index is 2.02. The molecule has 0 aliphatic heterocycles. The highest BCUT2D eigenvalue weighted by Gasteiger charge is 2.03. The minimum absolute atomic E-state index is 0.0886. The van der Waals surface area contributed by atoms with Crippen LogP contribution >= 0.6 is 0 Å². The fourth-order valence-electron chi connectivity index (χ4n) is 1.84. The summed E-state index contributed by atoms with van der Waals surface area (Å²) in [4.78, 5) is 15.9. The van der Waals surface area contributed by atoms with Crippen LogP contribution < -0.4 is 5.56 Å². The van der Waals surface area contributed by atoms with Gasteiger partial charge in [-0.2, -0.15) is 0 Å². The van der Waals surface area contributed by atoms with E-state index >= 15 is 0 Å². The van der Waals surface area contributed by atoms with Gasteiger partial charge in [-0.3, -0.25) is 9.89 Å². The maximum absolute atomic E-state index is 11.5. The van der Waals surface area contributed by atoms with Crippen LogP contribution in [-0.4, -0.2) is 14.6 Å². The van der Waals surface area contributed by atoms with E-state index in [9.17, 15) is 4.79 Å². The highest BCUT2D eigenvalue weighted by atomic mass is 16.1. The number of aromatic nitrogens is 3. The van der Waals surface area contributed by atoms with Gasteiger partial charge in [0.05, 0.1) is 0 Å². The summed E-state index contributed by atoms with van der Waals surface area (Å²) in [6, 6.07) is 15.1. The van der Waals surface area contributed by atoms with Gasteiger partial charge in [-0.05, 0) is 11.6 Å². The Morgan fingerprint density at radius 2 is 1.88 bits per heavy atom. The van der Waals surface area contributed by atoms with Gasteiger partial charge in [0.25, 0.3) is 5.56 Å². The summed E-state index contributed by atoms with van der Waals surface area (Å²) in [6.45, 7) is 0. The third-order valence-corrected chi connectivity index (χ3v) is 2.64. The summed E-state index contributed by atoms with van der Waals surface area (Å²) in [7, 11) is 0. The molecule has 17 heavy (non-hydrogen) atoms. The zero-order valence-electron chi connectivity index (χ0n) is 9.13. The smallest absolute Gasteiger partial charge is 0.271 e. The van der Waals surface area contributed by atoms with E-state index in [2.05, 4.69) is 10.1 Å². The molecule has 0 aliphatic rings. The van der Waals surface area contributed by atoms with Gasteiger partial charge in [-0.1, -0.05) is 36.4 Å². The molecule has 4 nitrogen and oxygen atoms in total. The summed E-state index contributed by atoms with van der Waals surface area (Å²) in [5.74, 6) is 0.791. The molecule has 3 rings (SSSR count). The fraction of sp³-hybridized carbons (Fsp3) is 0.0769. The first-order valence-corrected chi connectivity index (χ1v) is 5.43. The van der Waals surface area contributed by atoms with E-state index < -0.39 is 0 Å². The Morgan fingerprint density at radius 3 is 2.65 bits per heavy atom. The van der Waals surface area contributed by atoms with Crippen LogP contribution in [0.1, 0.15) is 11.4 Å². The lowest BCUT2D eigenvalue weighted by Gasteiger charge is -1.95. The van der Waals surface area contributed by atoms with Crippen molar-refractivity contribution in [2.45, 2.75) is 6.42 Å². The summed E-state index contributed by atoms with van der Waals surface area (Å²) in [5, 5.41) is 3.01. The first-order chi connectivity index (χ1) is 8.33. The zero-order valence-corrected chi connectivity index (χ0v) is 9.13. The number of H-pyrrole nitrogens is 1. The number of rotatable bonds is 2. The van der Waals surface area contributed by atoms with Crippen molar-refractivity contribution in [3.05, 3.63) is 70.3 Å². The van der Waals surface area contributed by atoms with E-state index in [4.69, 9.17) is 0 Å². The third kappa shape index (κ3) is 1.85. The Kier molecular flexibility index (Phi) is 2.26. The van der Waals surface area contributed by atoms with Gasteiger partial charge in [0.15, 0.2) is 5.65 Å². The molecular formula is C13H11N3O. The molecule has 2 aromatic heterocycles. The molecule has 0 aliphatic carbocycles. The summed E-state index contributed by atoms with van der Waals surface area (Å²) in [6.07, 6.45) is 0.696. The van der Waals surface area contributed by atoms with Gasteiger partial charge in [-0.15, -0.1) is 0 Å². The number of aromatic amines is 1. The van der Waals surface area contributed by atoms with E-state index in [0.29, 0.717) is 12.1 Å². The molecule has 0 saturated heterocycles. The second-order valence-corrected chi connectivity index (χ2v) is 3.89. The van der Waals surface area contributed by atoms with E-state index in [1.807, 2.05) is 36.4 Å². The minimum Gasteiger partial charge on any atom is -0.276 e. The molecule has 84 valence electrons. The molecular weight excluding hydrogens is 214 g/mol. The first kappa shape index (κ1) is 9.84. The van der Waals surface area contributed by atoms with E-state index in [-0.39, 0.29) is 5.56 Å². The quantitative estimate of drug-likeness (QED) is 0.720. The molecule has 4 heteroatoms. The zero-order chi connectivity index (χ0) is 11.7. The van der Waals surface area contributed by atoms with Gasteiger partial charge in [0.2, 0.25) is 0 Å². The molecule has 0 atom stereocenters. The maximum atomic E-state index is 11.5. The maximum Gasteiger partial charge on any atom is 0.271 e. The number of hydrogen-bond acceptors (Lipinski definition) is 2. The SMILES string of the molecule is O=c1cccc2nc(Cc3ccccc3)[nH]n12. The summed E-state index contributed by atoms with van der Waals surface area (Å²) < 4.78 is 1.46. The summed E-state index contributed by atoms with van der Waals surface area (Å²) >= 11 is 0. The fourth-order valence-corrected chi connectivity index (χ4v) is 1.84. The molecule has 0 fully saturated rings. The molecule has 1 N–H and O–H groups in total. The molecule has 0 radical (unpaired) electrons. The minimum atomic E-state index is -0.0886. The van der Waals surface area contributed by atoms with Crippen molar-refractivity contribution >= 4 is 5.65 Å². The number of benzene rings is 1. The molecule has 0 amide bonds. The Hall–Kier alpha value is -2.36. The van der Waals surface area contributed by atoms with Crippen LogP contribution in [0.4, 0.5) is 0 Å². The average molecular weight is 225 g/mol. The van der Waals surface area contributed by atoms with Crippen molar-refractivity contribution in [3.63, 3.8) is 0 Å². The predicted molar refractivity (Wildman–Crippen MR) is 65.1 cm³/mol. The Morgan fingerprint density at radius 1 is 1.06 bits per heavy atom. The number of pyridine rings is 1. The topological polar surface area (TPSA) is 50.2 Å². The van der Waals surface area contributed by atoms with Crippen LogP contribution in [0.2, 0.25) is 0 Å². The lowest BCUT2D eigenvalue weighted by atomic mass is 10.1. The highest BCUT2D eigenvalue weighted by molar-refractivity contribution is 5.37. The van der Waals surface area contributed by atoms with E-state index in [0.717, 1.165) is 5.82 Å². The molecule has 1 aromatic carbocycles. The third-order valence-electron chi connectivity index (χ3n) is 2.64. The largest absolute Gasteiger partial charge is 0.276 e. The monoisotopic (exact) mass is 225 g/mol.